The summed E-state index contributed by atoms with van der Waals surface area (Å²) in [5.74, 6) is 1.07. The third-order valence-corrected chi connectivity index (χ3v) is 5.17. The number of carbonyl (C=O) groups is 1. The molecule has 0 spiro atoms. The predicted octanol–water partition coefficient (Wildman–Crippen LogP) is 3.04. The van der Waals surface area contributed by atoms with Gasteiger partial charge in [-0.05, 0) is 43.0 Å². The zero-order chi connectivity index (χ0) is 11.9. The predicted molar refractivity (Wildman–Crippen MR) is 70.2 cm³/mol. The molecule has 1 unspecified atom stereocenters. The van der Waals surface area contributed by atoms with Gasteiger partial charge in [0.15, 0.2) is 0 Å². The van der Waals surface area contributed by atoms with Gasteiger partial charge in [0, 0.05) is 18.0 Å². The molecule has 0 N–H and O–H groups in total. The maximum absolute atomic E-state index is 12.7. The van der Waals surface area contributed by atoms with E-state index in [4.69, 9.17) is 0 Å². The number of likely N-dealkylation sites (tertiary alicyclic amines) is 1. The first-order valence-electron chi connectivity index (χ1n) is 6.56. The van der Waals surface area contributed by atoms with Gasteiger partial charge in [0.25, 0.3) is 0 Å². The van der Waals surface area contributed by atoms with Gasteiger partial charge in [0.05, 0.1) is 5.41 Å². The largest absolute Gasteiger partial charge is 0.342 e. The molecular weight excluding hydrogens is 230 g/mol. The Hall–Kier alpha value is -0.830. The highest BCUT2D eigenvalue weighted by molar-refractivity contribution is 7.10. The molecule has 0 bridgehead atoms. The molecule has 1 atom stereocenters. The Morgan fingerprint density at radius 1 is 1.53 bits per heavy atom. The Labute approximate surface area is 107 Å². The van der Waals surface area contributed by atoms with Crippen LogP contribution in [0.25, 0.3) is 0 Å². The van der Waals surface area contributed by atoms with E-state index in [2.05, 4.69) is 29.3 Å². The van der Waals surface area contributed by atoms with Crippen LogP contribution in [-0.2, 0) is 10.2 Å². The van der Waals surface area contributed by atoms with Crippen molar-refractivity contribution in [1.82, 2.24) is 4.90 Å². The van der Waals surface area contributed by atoms with E-state index in [1.165, 1.54) is 17.7 Å². The lowest BCUT2D eigenvalue weighted by Gasteiger charge is -2.33. The first kappa shape index (κ1) is 11.3. The molecule has 92 valence electrons. The first-order chi connectivity index (χ1) is 8.22. The van der Waals surface area contributed by atoms with Gasteiger partial charge in [-0.3, -0.25) is 4.79 Å². The van der Waals surface area contributed by atoms with E-state index < -0.39 is 0 Å². The molecule has 17 heavy (non-hydrogen) atoms. The molecule has 2 fully saturated rings. The van der Waals surface area contributed by atoms with E-state index >= 15 is 0 Å². The molecule has 1 aromatic rings. The second-order valence-electron chi connectivity index (χ2n) is 5.56. The lowest BCUT2D eigenvalue weighted by molar-refractivity contribution is -0.135. The number of amides is 1. The van der Waals surface area contributed by atoms with Gasteiger partial charge >= 0.3 is 0 Å². The fraction of sp³-hybridized carbons (Fsp3) is 0.643. The van der Waals surface area contributed by atoms with E-state index in [-0.39, 0.29) is 5.41 Å². The standard InChI is InChI=1S/C14H19NOS/c1-11-4-2-8-15(10-11)13(16)14(6-7-14)12-5-3-9-17-12/h3,5,9,11H,2,4,6-8,10H2,1H3. The SMILES string of the molecule is CC1CCCN(C(=O)C2(c3cccs3)CC2)C1. The third-order valence-electron chi connectivity index (χ3n) is 4.10. The van der Waals surface area contributed by atoms with Crippen molar-refractivity contribution in [3.05, 3.63) is 22.4 Å². The lowest BCUT2D eigenvalue weighted by Crippen LogP contribution is -2.44. The molecule has 3 rings (SSSR count). The average molecular weight is 249 g/mol. The van der Waals surface area contributed by atoms with E-state index in [9.17, 15) is 4.79 Å². The molecule has 1 aliphatic carbocycles. The molecule has 1 saturated heterocycles. The fourth-order valence-corrected chi connectivity index (χ4v) is 3.90. The van der Waals surface area contributed by atoms with Crippen LogP contribution in [0.5, 0.6) is 0 Å². The number of thiophene rings is 1. The van der Waals surface area contributed by atoms with Gasteiger partial charge in [-0.25, -0.2) is 0 Å². The van der Waals surface area contributed by atoms with Gasteiger partial charge in [-0.15, -0.1) is 11.3 Å². The maximum Gasteiger partial charge on any atom is 0.234 e. The highest BCUT2D eigenvalue weighted by Gasteiger charge is 2.53. The number of nitrogens with zero attached hydrogens (tertiary/aromatic N) is 1. The molecule has 0 aromatic carbocycles. The monoisotopic (exact) mass is 249 g/mol. The molecule has 1 amide bonds. The van der Waals surface area contributed by atoms with Crippen LogP contribution in [0.3, 0.4) is 0 Å². The Kier molecular flexibility index (Phi) is 2.74. The Morgan fingerprint density at radius 2 is 2.35 bits per heavy atom. The third kappa shape index (κ3) is 1.90. The minimum Gasteiger partial charge on any atom is -0.342 e. The quantitative estimate of drug-likeness (QED) is 0.789. The minimum atomic E-state index is -0.120. The van der Waals surface area contributed by atoms with Crippen molar-refractivity contribution >= 4 is 17.2 Å². The summed E-state index contributed by atoms with van der Waals surface area (Å²) < 4.78 is 0. The molecule has 2 heterocycles. The van der Waals surface area contributed by atoms with Gasteiger partial charge in [-0.1, -0.05) is 13.0 Å². The lowest BCUT2D eigenvalue weighted by atomic mass is 9.96. The highest BCUT2D eigenvalue weighted by atomic mass is 32.1. The summed E-state index contributed by atoms with van der Waals surface area (Å²) in [6, 6.07) is 4.19. The Bertz CT molecular complexity index is 408. The van der Waals surface area contributed by atoms with Crippen LogP contribution in [0.4, 0.5) is 0 Å². The van der Waals surface area contributed by atoms with E-state index in [1.807, 2.05) is 0 Å². The van der Waals surface area contributed by atoms with E-state index in [1.54, 1.807) is 11.3 Å². The van der Waals surface area contributed by atoms with Crippen LogP contribution >= 0.6 is 11.3 Å². The first-order valence-corrected chi connectivity index (χ1v) is 7.44. The van der Waals surface area contributed by atoms with Crippen LogP contribution in [0.1, 0.15) is 37.5 Å². The number of carbonyl (C=O) groups excluding carboxylic acids is 1. The van der Waals surface area contributed by atoms with Crippen LogP contribution in [-0.4, -0.2) is 23.9 Å². The summed E-state index contributed by atoms with van der Waals surface area (Å²) in [5.41, 5.74) is -0.120. The number of hydrogen-bond acceptors (Lipinski definition) is 2. The molecule has 3 heteroatoms. The molecule has 1 aliphatic heterocycles. The van der Waals surface area contributed by atoms with Gasteiger partial charge in [0.2, 0.25) is 5.91 Å². The minimum absolute atomic E-state index is 0.120. The Morgan fingerprint density at radius 3 is 2.94 bits per heavy atom. The van der Waals surface area contributed by atoms with Crippen molar-refractivity contribution in [3.8, 4) is 0 Å². The van der Waals surface area contributed by atoms with Crippen molar-refractivity contribution in [3.63, 3.8) is 0 Å². The number of piperidine rings is 1. The smallest absolute Gasteiger partial charge is 0.234 e. The fourth-order valence-electron chi connectivity index (χ4n) is 2.92. The van der Waals surface area contributed by atoms with Crippen molar-refractivity contribution in [2.75, 3.05) is 13.1 Å². The second-order valence-corrected chi connectivity index (χ2v) is 6.51. The summed E-state index contributed by atoms with van der Waals surface area (Å²) in [4.78, 5) is 16.0. The van der Waals surface area contributed by atoms with E-state index in [0.29, 0.717) is 11.8 Å². The second kappa shape index (κ2) is 4.13. The van der Waals surface area contributed by atoms with Crippen molar-refractivity contribution in [1.29, 1.82) is 0 Å². The normalized spacial score (nSPS) is 26.9. The zero-order valence-corrected chi connectivity index (χ0v) is 11.1. The summed E-state index contributed by atoms with van der Waals surface area (Å²) in [5, 5.41) is 2.08. The summed E-state index contributed by atoms with van der Waals surface area (Å²) >= 11 is 1.74. The van der Waals surface area contributed by atoms with Crippen LogP contribution in [0.15, 0.2) is 17.5 Å². The van der Waals surface area contributed by atoms with Crippen LogP contribution < -0.4 is 0 Å². The number of hydrogen-bond donors (Lipinski definition) is 0. The van der Waals surface area contributed by atoms with Gasteiger partial charge in [0.1, 0.15) is 0 Å². The maximum atomic E-state index is 12.7. The highest BCUT2D eigenvalue weighted by Crippen LogP contribution is 2.51. The van der Waals surface area contributed by atoms with Crippen LogP contribution in [0, 0.1) is 5.92 Å². The van der Waals surface area contributed by atoms with Crippen molar-refractivity contribution in [2.45, 2.75) is 38.0 Å². The summed E-state index contributed by atoms with van der Waals surface area (Å²) in [6.45, 7) is 4.19. The van der Waals surface area contributed by atoms with Crippen molar-refractivity contribution in [2.24, 2.45) is 5.92 Å². The van der Waals surface area contributed by atoms with Crippen LogP contribution in [0.2, 0.25) is 0 Å². The van der Waals surface area contributed by atoms with Crippen molar-refractivity contribution < 1.29 is 4.79 Å². The summed E-state index contributed by atoms with van der Waals surface area (Å²) in [7, 11) is 0. The van der Waals surface area contributed by atoms with Gasteiger partial charge in [-0.2, -0.15) is 0 Å². The molecule has 2 aliphatic rings. The zero-order valence-electron chi connectivity index (χ0n) is 10.3. The topological polar surface area (TPSA) is 20.3 Å². The molecule has 2 nitrogen and oxygen atoms in total. The summed E-state index contributed by atoms with van der Waals surface area (Å²) in [6.07, 6.45) is 4.55. The Balaban J connectivity index is 1.78. The van der Waals surface area contributed by atoms with E-state index in [0.717, 1.165) is 25.9 Å². The van der Waals surface area contributed by atoms with Gasteiger partial charge < -0.3 is 4.90 Å². The average Bonchev–Trinajstić information content (AvgIpc) is 2.96. The molecular formula is C14H19NOS. The number of rotatable bonds is 2. The molecule has 1 aromatic heterocycles. The molecule has 1 saturated carbocycles. The molecule has 0 radical (unpaired) electrons.